The Labute approximate surface area is 126 Å². The summed E-state index contributed by atoms with van der Waals surface area (Å²) in [4.78, 5) is 23.3. The highest BCUT2D eigenvalue weighted by atomic mass is 16.4. The fraction of sp³-hybridized carbons (Fsp3) is 0.111. The van der Waals surface area contributed by atoms with Gasteiger partial charge in [0.25, 0.3) is 0 Å². The van der Waals surface area contributed by atoms with Crippen molar-refractivity contribution < 1.29 is 19.8 Å². The first-order valence-corrected chi connectivity index (χ1v) is 6.98. The van der Waals surface area contributed by atoms with Crippen LogP contribution in [0.15, 0.2) is 42.5 Å². The minimum absolute atomic E-state index is 0.0235. The highest BCUT2D eigenvalue weighted by Crippen LogP contribution is 2.33. The van der Waals surface area contributed by atoms with Crippen LogP contribution in [0.5, 0.6) is 0 Å². The maximum Gasteiger partial charge on any atom is 0.336 e. The van der Waals surface area contributed by atoms with Gasteiger partial charge < -0.3 is 10.2 Å². The summed E-state index contributed by atoms with van der Waals surface area (Å²) >= 11 is 0. The Bertz CT molecular complexity index is 925. The van der Waals surface area contributed by atoms with Crippen LogP contribution in [0.4, 0.5) is 0 Å². The third-order valence-corrected chi connectivity index (χ3v) is 3.94. The molecule has 0 heterocycles. The largest absolute Gasteiger partial charge is 0.478 e. The third kappa shape index (κ3) is 2.00. The summed E-state index contributed by atoms with van der Waals surface area (Å²) in [6, 6.07) is 12.3. The van der Waals surface area contributed by atoms with E-state index in [1.807, 2.05) is 25.1 Å². The number of carbonyl (C=O) groups is 2. The molecule has 2 N–H and O–H groups in total. The first-order valence-electron chi connectivity index (χ1n) is 6.98. The number of hydrogen-bond acceptors (Lipinski definition) is 2. The molecular formula is C18H14O4. The molecular weight excluding hydrogens is 280 g/mol. The van der Waals surface area contributed by atoms with Crippen molar-refractivity contribution in [2.45, 2.75) is 13.3 Å². The van der Waals surface area contributed by atoms with Gasteiger partial charge in [-0.1, -0.05) is 37.3 Å². The zero-order chi connectivity index (χ0) is 15.9. The number of rotatable bonds is 3. The van der Waals surface area contributed by atoms with E-state index in [2.05, 4.69) is 0 Å². The molecule has 0 aliphatic carbocycles. The highest BCUT2D eigenvalue weighted by Gasteiger charge is 2.20. The van der Waals surface area contributed by atoms with Crippen molar-refractivity contribution >= 4 is 33.5 Å². The van der Waals surface area contributed by atoms with Crippen molar-refractivity contribution in [3.8, 4) is 0 Å². The Hall–Kier alpha value is -2.88. The number of benzene rings is 3. The Morgan fingerprint density at radius 1 is 0.955 bits per heavy atom. The molecule has 3 aromatic rings. The third-order valence-electron chi connectivity index (χ3n) is 3.94. The summed E-state index contributed by atoms with van der Waals surface area (Å²) in [7, 11) is 0. The number of aryl methyl sites for hydroxylation is 1. The van der Waals surface area contributed by atoms with E-state index in [9.17, 15) is 19.8 Å². The van der Waals surface area contributed by atoms with Gasteiger partial charge in [0, 0.05) is 5.39 Å². The van der Waals surface area contributed by atoms with Crippen LogP contribution < -0.4 is 0 Å². The zero-order valence-corrected chi connectivity index (χ0v) is 12.0. The molecule has 0 aromatic heterocycles. The van der Waals surface area contributed by atoms with Gasteiger partial charge in [-0.05, 0) is 40.3 Å². The summed E-state index contributed by atoms with van der Waals surface area (Å²) in [5.74, 6) is -2.23. The zero-order valence-electron chi connectivity index (χ0n) is 12.0. The summed E-state index contributed by atoms with van der Waals surface area (Å²) in [5, 5.41) is 21.4. The lowest BCUT2D eigenvalue weighted by atomic mass is 9.90. The number of hydrogen-bond donors (Lipinski definition) is 2. The van der Waals surface area contributed by atoms with E-state index in [0.29, 0.717) is 22.6 Å². The molecule has 4 nitrogen and oxygen atoms in total. The van der Waals surface area contributed by atoms with Crippen molar-refractivity contribution in [2.24, 2.45) is 0 Å². The Morgan fingerprint density at radius 2 is 1.68 bits per heavy atom. The molecule has 0 aliphatic rings. The van der Waals surface area contributed by atoms with Gasteiger partial charge >= 0.3 is 11.9 Å². The maximum atomic E-state index is 11.8. The van der Waals surface area contributed by atoms with E-state index in [-0.39, 0.29) is 11.1 Å². The highest BCUT2D eigenvalue weighted by molar-refractivity contribution is 6.21. The molecule has 22 heavy (non-hydrogen) atoms. The molecule has 0 unspecified atom stereocenters. The van der Waals surface area contributed by atoms with Gasteiger partial charge in [-0.3, -0.25) is 0 Å². The standard InChI is InChI=1S/C18H14O4/c1-2-10-7-8-13(17(19)20)15-14(10)9-11-5-3-4-6-12(11)16(15)18(21)22/h3-9H,2H2,1H3,(H,19,20)(H,21,22). The second-order valence-electron chi connectivity index (χ2n) is 5.13. The lowest BCUT2D eigenvalue weighted by molar-refractivity contribution is 0.0696. The first kappa shape index (κ1) is 14.1. The molecule has 0 aliphatic heterocycles. The van der Waals surface area contributed by atoms with Crippen molar-refractivity contribution in [3.05, 3.63) is 59.2 Å². The molecule has 0 radical (unpaired) electrons. The SMILES string of the molecule is CCc1ccc(C(=O)O)c2c(C(=O)O)c3ccccc3cc12. The van der Waals surface area contributed by atoms with Crippen molar-refractivity contribution in [1.82, 2.24) is 0 Å². The molecule has 3 aromatic carbocycles. The second kappa shape index (κ2) is 5.15. The number of carboxylic acids is 2. The van der Waals surface area contributed by atoms with Gasteiger partial charge in [0.05, 0.1) is 11.1 Å². The van der Waals surface area contributed by atoms with Crippen LogP contribution in [0, 0.1) is 0 Å². The minimum atomic E-state index is -1.12. The van der Waals surface area contributed by atoms with Crippen LogP contribution in [-0.4, -0.2) is 22.2 Å². The van der Waals surface area contributed by atoms with Gasteiger partial charge in [0.15, 0.2) is 0 Å². The van der Waals surface area contributed by atoms with Gasteiger partial charge in [-0.15, -0.1) is 0 Å². The summed E-state index contributed by atoms with van der Waals surface area (Å²) in [5.41, 5.74) is 1.02. The molecule has 0 amide bonds. The van der Waals surface area contributed by atoms with Gasteiger partial charge in [0.1, 0.15) is 0 Å². The fourth-order valence-corrected chi connectivity index (χ4v) is 2.95. The van der Waals surface area contributed by atoms with Crippen LogP contribution in [0.1, 0.15) is 33.2 Å². The number of carboxylic acid groups (broad SMARTS) is 2. The molecule has 0 saturated heterocycles. The van der Waals surface area contributed by atoms with E-state index < -0.39 is 11.9 Å². The normalized spacial score (nSPS) is 11.0. The predicted octanol–water partition coefficient (Wildman–Crippen LogP) is 3.95. The topological polar surface area (TPSA) is 74.6 Å². The van der Waals surface area contributed by atoms with Crippen LogP contribution >= 0.6 is 0 Å². The van der Waals surface area contributed by atoms with E-state index in [4.69, 9.17) is 0 Å². The lowest BCUT2D eigenvalue weighted by Gasteiger charge is -2.13. The average molecular weight is 294 g/mol. The lowest BCUT2D eigenvalue weighted by Crippen LogP contribution is -2.06. The van der Waals surface area contributed by atoms with Crippen molar-refractivity contribution in [2.75, 3.05) is 0 Å². The molecule has 0 spiro atoms. The van der Waals surface area contributed by atoms with Gasteiger partial charge in [-0.2, -0.15) is 0 Å². The quantitative estimate of drug-likeness (QED) is 0.717. The smallest absolute Gasteiger partial charge is 0.336 e. The second-order valence-corrected chi connectivity index (χ2v) is 5.13. The van der Waals surface area contributed by atoms with Gasteiger partial charge in [-0.25, -0.2) is 9.59 Å². The summed E-state index contributed by atoms with van der Waals surface area (Å²) in [6.45, 7) is 1.96. The first-order chi connectivity index (χ1) is 10.5. The molecule has 3 rings (SSSR count). The van der Waals surface area contributed by atoms with E-state index in [0.717, 1.165) is 10.9 Å². The van der Waals surface area contributed by atoms with Crippen molar-refractivity contribution in [1.29, 1.82) is 0 Å². The average Bonchev–Trinajstić information content (AvgIpc) is 2.50. The maximum absolute atomic E-state index is 11.8. The molecule has 110 valence electrons. The van der Waals surface area contributed by atoms with Crippen LogP contribution in [-0.2, 0) is 6.42 Å². The Kier molecular flexibility index (Phi) is 3.29. The number of aromatic carboxylic acids is 2. The molecule has 4 heteroatoms. The van der Waals surface area contributed by atoms with Crippen LogP contribution in [0.3, 0.4) is 0 Å². The molecule has 0 atom stereocenters. The van der Waals surface area contributed by atoms with E-state index in [1.54, 1.807) is 18.2 Å². The minimum Gasteiger partial charge on any atom is -0.478 e. The Balaban J connectivity index is 2.65. The summed E-state index contributed by atoms with van der Waals surface area (Å²) in [6.07, 6.45) is 0.702. The van der Waals surface area contributed by atoms with Crippen LogP contribution in [0.25, 0.3) is 21.5 Å². The molecule has 0 fully saturated rings. The fourth-order valence-electron chi connectivity index (χ4n) is 2.95. The van der Waals surface area contributed by atoms with Crippen molar-refractivity contribution in [3.63, 3.8) is 0 Å². The predicted molar refractivity (Wildman–Crippen MR) is 84.8 cm³/mol. The van der Waals surface area contributed by atoms with Crippen LogP contribution in [0.2, 0.25) is 0 Å². The molecule has 0 bridgehead atoms. The van der Waals surface area contributed by atoms with E-state index in [1.165, 1.54) is 6.07 Å². The molecule has 0 saturated carbocycles. The number of fused-ring (bicyclic) bond motifs is 2. The van der Waals surface area contributed by atoms with Gasteiger partial charge in [0.2, 0.25) is 0 Å². The summed E-state index contributed by atoms with van der Waals surface area (Å²) < 4.78 is 0. The Morgan fingerprint density at radius 3 is 2.32 bits per heavy atom. The monoisotopic (exact) mass is 294 g/mol. The van der Waals surface area contributed by atoms with E-state index >= 15 is 0 Å².